The molecule has 13 heavy (non-hydrogen) atoms. The lowest BCUT2D eigenvalue weighted by atomic mass is 10.2. The first kappa shape index (κ1) is 10.4. The third kappa shape index (κ3) is 3.28. The van der Waals surface area contributed by atoms with Crippen molar-refractivity contribution in [1.29, 1.82) is 0 Å². The summed E-state index contributed by atoms with van der Waals surface area (Å²) in [6.45, 7) is 0. The highest BCUT2D eigenvalue weighted by atomic mass is 31.2. The molecular weight excluding hydrogens is 191 g/mol. The molecule has 0 heterocycles. The van der Waals surface area contributed by atoms with Crippen molar-refractivity contribution in [1.82, 2.24) is 0 Å². The molecule has 1 atom stereocenters. The Morgan fingerprint density at radius 2 is 1.77 bits per heavy atom. The molecule has 0 amide bonds. The minimum Gasteiger partial charge on any atom is -0.380 e. The summed E-state index contributed by atoms with van der Waals surface area (Å²) in [5.74, 6) is -1.60. The highest BCUT2D eigenvalue weighted by molar-refractivity contribution is 7.52. The van der Waals surface area contributed by atoms with Crippen molar-refractivity contribution >= 4 is 7.60 Å². The first-order valence-electron chi connectivity index (χ1n) is 3.77. The summed E-state index contributed by atoms with van der Waals surface area (Å²) in [5.41, 5.74) is 0.707. The molecule has 3 N–H and O–H groups in total. The van der Waals surface area contributed by atoms with E-state index in [4.69, 9.17) is 14.9 Å². The van der Waals surface area contributed by atoms with Crippen molar-refractivity contribution in [2.75, 3.05) is 0 Å². The Morgan fingerprint density at radius 1 is 1.23 bits per heavy atom. The van der Waals surface area contributed by atoms with E-state index in [2.05, 4.69) is 0 Å². The van der Waals surface area contributed by atoms with Gasteiger partial charge in [0.05, 0.1) is 0 Å². The lowest BCUT2D eigenvalue weighted by Crippen LogP contribution is -2.10. The van der Waals surface area contributed by atoms with Gasteiger partial charge >= 0.3 is 7.60 Å². The zero-order valence-corrected chi connectivity index (χ0v) is 7.76. The number of aliphatic hydroxyl groups is 1. The van der Waals surface area contributed by atoms with Crippen molar-refractivity contribution in [2.45, 2.75) is 12.3 Å². The predicted octanol–water partition coefficient (Wildman–Crippen LogP) is 0.725. The molecule has 0 aliphatic rings. The van der Waals surface area contributed by atoms with E-state index in [1.165, 1.54) is 0 Å². The maximum atomic E-state index is 10.6. The maximum absolute atomic E-state index is 10.6. The fourth-order valence-electron chi connectivity index (χ4n) is 0.944. The van der Waals surface area contributed by atoms with Gasteiger partial charge in [-0.05, 0) is 5.56 Å². The topological polar surface area (TPSA) is 77.8 Å². The first-order valence-corrected chi connectivity index (χ1v) is 5.45. The van der Waals surface area contributed by atoms with E-state index < -0.39 is 13.4 Å². The average molecular weight is 202 g/mol. The second-order valence-corrected chi connectivity index (χ2v) is 4.53. The molecule has 0 fully saturated rings. The molecule has 5 heteroatoms. The van der Waals surface area contributed by atoms with Crippen LogP contribution in [-0.4, -0.2) is 20.7 Å². The molecule has 0 aliphatic carbocycles. The van der Waals surface area contributed by atoms with Gasteiger partial charge in [-0.1, -0.05) is 30.3 Å². The summed E-state index contributed by atoms with van der Waals surface area (Å²) in [5, 5.41) is 9.08. The number of hydrogen-bond acceptors (Lipinski definition) is 2. The molecule has 0 spiro atoms. The first-order chi connectivity index (χ1) is 6.00. The molecule has 4 nitrogen and oxygen atoms in total. The van der Waals surface area contributed by atoms with Crippen molar-refractivity contribution in [2.24, 2.45) is 0 Å². The van der Waals surface area contributed by atoms with Crippen LogP contribution < -0.4 is 0 Å². The monoisotopic (exact) mass is 202 g/mol. The van der Waals surface area contributed by atoms with E-state index >= 15 is 0 Å². The molecular formula is C8H11O4P. The van der Waals surface area contributed by atoms with Gasteiger partial charge in [-0.25, -0.2) is 0 Å². The van der Waals surface area contributed by atoms with Gasteiger partial charge in [0.2, 0.25) is 0 Å². The second-order valence-electron chi connectivity index (χ2n) is 2.76. The fourth-order valence-corrected chi connectivity index (χ4v) is 1.39. The Kier molecular flexibility index (Phi) is 3.22. The largest absolute Gasteiger partial charge is 0.380 e. The Labute approximate surface area is 76.0 Å². The predicted molar refractivity (Wildman–Crippen MR) is 48.2 cm³/mol. The molecule has 0 radical (unpaired) electrons. The summed E-state index contributed by atoms with van der Waals surface area (Å²) in [4.78, 5) is 17.2. The molecule has 0 aromatic heterocycles. The van der Waals surface area contributed by atoms with Crippen molar-refractivity contribution in [3.8, 4) is 0 Å². The molecule has 0 unspecified atom stereocenters. The van der Waals surface area contributed by atoms with E-state index in [0.29, 0.717) is 5.56 Å². The highest BCUT2D eigenvalue weighted by Gasteiger charge is 2.25. The van der Waals surface area contributed by atoms with Crippen LogP contribution in [0.3, 0.4) is 0 Å². The van der Waals surface area contributed by atoms with E-state index in [9.17, 15) is 4.57 Å². The van der Waals surface area contributed by atoms with Gasteiger partial charge in [-0.15, -0.1) is 0 Å². The second kappa shape index (κ2) is 4.03. The summed E-state index contributed by atoms with van der Waals surface area (Å²) in [6.07, 6.45) is -0.0227. The average Bonchev–Trinajstić information content (AvgIpc) is 2.04. The number of rotatable bonds is 3. The van der Waals surface area contributed by atoms with Crippen LogP contribution in [0.1, 0.15) is 5.56 Å². The Hall–Kier alpha value is -0.670. The van der Waals surface area contributed by atoms with Crippen molar-refractivity contribution in [3.63, 3.8) is 0 Å². The van der Waals surface area contributed by atoms with Gasteiger partial charge in [0.25, 0.3) is 0 Å². The molecule has 0 bridgehead atoms. The Morgan fingerprint density at radius 3 is 2.23 bits per heavy atom. The molecule has 72 valence electrons. The standard InChI is InChI=1S/C8H11O4P/c9-8(13(10,11)12)6-7-4-2-1-3-5-7/h1-5,8-9H,6H2,(H2,10,11,12)/t8-/m0/s1. The molecule has 0 saturated carbocycles. The summed E-state index contributed by atoms with van der Waals surface area (Å²) in [7, 11) is -4.37. The van der Waals surface area contributed by atoms with Gasteiger partial charge < -0.3 is 14.9 Å². The minimum absolute atomic E-state index is 0.0227. The van der Waals surface area contributed by atoms with Crippen LogP contribution in [0.15, 0.2) is 30.3 Å². The smallest absolute Gasteiger partial charge is 0.354 e. The zero-order chi connectivity index (χ0) is 9.90. The van der Waals surface area contributed by atoms with Crippen LogP contribution in [0, 0.1) is 0 Å². The number of aliphatic hydroxyl groups excluding tert-OH is 1. The molecule has 0 saturated heterocycles. The summed E-state index contributed by atoms with van der Waals surface area (Å²) < 4.78 is 10.6. The fraction of sp³-hybridized carbons (Fsp3) is 0.250. The third-order valence-electron chi connectivity index (χ3n) is 1.65. The number of hydrogen-bond donors (Lipinski definition) is 3. The van der Waals surface area contributed by atoms with Gasteiger partial charge in [0.1, 0.15) is 0 Å². The SMILES string of the molecule is O=P(O)(O)[C@H](O)Cc1ccccc1. The summed E-state index contributed by atoms with van der Waals surface area (Å²) >= 11 is 0. The normalized spacial score (nSPS) is 14.1. The Balaban J connectivity index is 2.66. The van der Waals surface area contributed by atoms with Gasteiger partial charge in [0.15, 0.2) is 5.85 Å². The van der Waals surface area contributed by atoms with Crippen LogP contribution in [0.4, 0.5) is 0 Å². The van der Waals surface area contributed by atoms with Gasteiger partial charge in [-0.3, -0.25) is 4.57 Å². The third-order valence-corrected chi connectivity index (χ3v) is 2.61. The molecule has 1 aromatic rings. The van der Waals surface area contributed by atoms with E-state index in [1.807, 2.05) is 0 Å². The van der Waals surface area contributed by atoms with Gasteiger partial charge in [-0.2, -0.15) is 0 Å². The quantitative estimate of drug-likeness (QED) is 0.631. The van der Waals surface area contributed by atoms with Crippen LogP contribution in [0.2, 0.25) is 0 Å². The lowest BCUT2D eigenvalue weighted by molar-refractivity contribution is 0.202. The highest BCUT2D eigenvalue weighted by Crippen LogP contribution is 2.40. The zero-order valence-electron chi connectivity index (χ0n) is 6.87. The van der Waals surface area contributed by atoms with Crippen LogP contribution in [0.5, 0.6) is 0 Å². The molecule has 0 aliphatic heterocycles. The molecule has 1 rings (SSSR count). The van der Waals surface area contributed by atoms with Crippen LogP contribution in [0.25, 0.3) is 0 Å². The van der Waals surface area contributed by atoms with Crippen molar-refractivity contribution in [3.05, 3.63) is 35.9 Å². The van der Waals surface area contributed by atoms with Crippen LogP contribution in [-0.2, 0) is 11.0 Å². The van der Waals surface area contributed by atoms with Crippen molar-refractivity contribution < 1.29 is 19.5 Å². The number of benzene rings is 1. The van der Waals surface area contributed by atoms with E-state index in [0.717, 1.165) is 0 Å². The minimum atomic E-state index is -4.37. The maximum Gasteiger partial charge on any atom is 0.354 e. The van der Waals surface area contributed by atoms with E-state index in [-0.39, 0.29) is 6.42 Å². The molecule has 1 aromatic carbocycles. The van der Waals surface area contributed by atoms with Gasteiger partial charge in [0, 0.05) is 6.42 Å². The Bertz CT molecular complexity index is 305. The summed E-state index contributed by atoms with van der Waals surface area (Å²) in [6, 6.07) is 8.72. The van der Waals surface area contributed by atoms with E-state index in [1.54, 1.807) is 30.3 Å². The van der Waals surface area contributed by atoms with Crippen LogP contribution >= 0.6 is 7.60 Å². The lowest BCUT2D eigenvalue weighted by Gasteiger charge is -2.11.